The third kappa shape index (κ3) is 10.3. The van der Waals surface area contributed by atoms with E-state index in [2.05, 4.69) is 48.9 Å². The zero-order valence-corrected chi connectivity index (χ0v) is 30.8. The minimum atomic E-state index is -3.98. The fourth-order valence-electron chi connectivity index (χ4n) is 4.99. The summed E-state index contributed by atoms with van der Waals surface area (Å²) in [5, 5.41) is 1.73. The van der Waals surface area contributed by atoms with Crippen LogP contribution in [0.2, 0.25) is 18.1 Å². The van der Waals surface area contributed by atoms with Gasteiger partial charge in [0.2, 0.25) is 10.0 Å². The van der Waals surface area contributed by atoms with Crippen LogP contribution in [0.4, 0.5) is 9.18 Å². The Bertz CT molecular complexity index is 1480. The van der Waals surface area contributed by atoms with Gasteiger partial charge in [-0.3, -0.25) is 0 Å². The molecule has 256 valence electrons. The van der Waals surface area contributed by atoms with Crippen LogP contribution in [0.1, 0.15) is 96.2 Å². The molecule has 0 radical (unpaired) electrons. The van der Waals surface area contributed by atoms with Gasteiger partial charge in [0.05, 0.1) is 6.04 Å². The molecule has 0 aromatic heterocycles. The second-order valence-electron chi connectivity index (χ2n) is 14.9. The first-order chi connectivity index (χ1) is 21.1. The van der Waals surface area contributed by atoms with Crippen LogP contribution in [0.5, 0.6) is 0 Å². The standard InChI is InChI=1S/C34H52FN3O6SSi/c1-32(2,3)44-31(39)36-22-13-14-24-17-19-25(20-18-24)29-34(7,8)43-30(38-45(29,40)41)37-28(26-15-11-12-16-27(26)35)21-23-42-46(9,10)33(4,5)6/h11-12,15-20,28-29H,13-14,21-23H2,1-10H3,(H,36,39)(H,37,38)/t28-,29?/m0/s1. The summed E-state index contributed by atoms with van der Waals surface area (Å²) in [4.78, 5) is 16.5. The molecule has 9 nitrogen and oxygen atoms in total. The Morgan fingerprint density at radius 3 is 2.28 bits per heavy atom. The van der Waals surface area contributed by atoms with Gasteiger partial charge >= 0.3 is 6.09 Å². The number of rotatable bonds is 11. The van der Waals surface area contributed by atoms with Crippen LogP contribution < -0.4 is 10.0 Å². The maximum Gasteiger partial charge on any atom is 0.407 e. The van der Waals surface area contributed by atoms with Crippen LogP contribution in [-0.2, 0) is 30.3 Å². The number of halogens is 1. The first kappa shape index (κ1) is 37.5. The average molecular weight is 678 g/mol. The number of nitrogens with one attached hydrogen (secondary N) is 2. The van der Waals surface area contributed by atoms with Gasteiger partial charge in [-0.05, 0) is 89.2 Å². The third-order valence-corrected chi connectivity index (χ3v) is 14.8. The number of carbonyl (C=O) groups excluding carboxylic acids is 1. The van der Waals surface area contributed by atoms with E-state index in [1.54, 1.807) is 44.2 Å². The van der Waals surface area contributed by atoms with Crippen molar-refractivity contribution in [3.63, 3.8) is 0 Å². The number of amides is 1. The van der Waals surface area contributed by atoms with Crippen molar-refractivity contribution in [2.24, 2.45) is 4.99 Å². The Hall–Kier alpha value is -2.96. The van der Waals surface area contributed by atoms with Crippen molar-refractivity contribution in [1.82, 2.24) is 10.0 Å². The first-order valence-corrected chi connectivity index (χ1v) is 20.3. The number of aliphatic imine (C=N–C) groups is 1. The maximum absolute atomic E-state index is 15.0. The van der Waals surface area contributed by atoms with E-state index >= 15 is 0 Å². The van der Waals surface area contributed by atoms with Crippen molar-refractivity contribution in [2.75, 3.05) is 13.2 Å². The van der Waals surface area contributed by atoms with Crippen LogP contribution in [0.25, 0.3) is 0 Å². The van der Waals surface area contributed by atoms with Crippen LogP contribution in [0, 0.1) is 5.82 Å². The lowest BCUT2D eigenvalue weighted by Gasteiger charge is -2.39. The molecular weight excluding hydrogens is 626 g/mol. The molecule has 1 saturated heterocycles. The highest BCUT2D eigenvalue weighted by molar-refractivity contribution is 7.90. The molecule has 46 heavy (non-hydrogen) atoms. The van der Waals surface area contributed by atoms with E-state index in [0.717, 1.165) is 5.56 Å². The molecule has 0 bridgehead atoms. The molecule has 1 heterocycles. The highest BCUT2D eigenvalue weighted by Gasteiger charge is 2.48. The molecule has 2 aromatic rings. The number of nitrogens with zero attached hydrogens (tertiary/aromatic N) is 1. The number of benzene rings is 2. The summed E-state index contributed by atoms with van der Waals surface area (Å²) in [5.74, 6) is -0.430. The van der Waals surface area contributed by atoms with Gasteiger partial charge in [-0.2, -0.15) is 0 Å². The number of ether oxygens (including phenoxy) is 2. The Morgan fingerprint density at radius 2 is 1.72 bits per heavy atom. The maximum atomic E-state index is 15.0. The summed E-state index contributed by atoms with van der Waals surface area (Å²) in [6.45, 7) is 20.4. The molecule has 0 aliphatic carbocycles. The van der Waals surface area contributed by atoms with Gasteiger partial charge in [-0.1, -0.05) is 63.2 Å². The quantitative estimate of drug-likeness (QED) is 0.187. The molecular formula is C34H52FN3O6SSi. The molecule has 1 aliphatic heterocycles. The zero-order valence-electron chi connectivity index (χ0n) is 29.0. The first-order valence-electron chi connectivity index (χ1n) is 15.8. The minimum Gasteiger partial charge on any atom is -0.457 e. The lowest BCUT2D eigenvalue weighted by molar-refractivity contribution is 0.0527. The monoisotopic (exact) mass is 677 g/mol. The van der Waals surface area contributed by atoms with Gasteiger partial charge in [0.15, 0.2) is 8.32 Å². The van der Waals surface area contributed by atoms with Crippen LogP contribution in [-0.4, -0.2) is 53.2 Å². The molecule has 12 heteroatoms. The minimum absolute atomic E-state index is 0.00468. The molecule has 1 aliphatic rings. The summed E-state index contributed by atoms with van der Waals surface area (Å²) >= 11 is 0. The summed E-state index contributed by atoms with van der Waals surface area (Å²) < 4.78 is 62.6. The lowest BCUT2D eigenvalue weighted by atomic mass is 9.96. The van der Waals surface area contributed by atoms with E-state index < -0.39 is 52.7 Å². The SMILES string of the molecule is CC(C)(C)OC(=O)NCCCc1ccc(C2C(C)(C)OC(=N[C@@H](CCO[Si](C)(C)C(C)(C)C)c3ccccc3F)NS2(=O)=O)cc1. The number of aryl methyl sites for hydroxylation is 1. The van der Waals surface area contributed by atoms with Gasteiger partial charge in [0, 0.05) is 18.7 Å². The molecule has 1 amide bonds. The van der Waals surface area contributed by atoms with Crippen molar-refractivity contribution in [3.8, 4) is 0 Å². The van der Waals surface area contributed by atoms with E-state index in [1.165, 1.54) is 6.07 Å². The largest absolute Gasteiger partial charge is 0.457 e. The van der Waals surface area contributed by atoms with Crippen molar-refractivity contribution < 1.29 is 31.5 Å². The van der Waals surface area contributed by atoms with Gasteiger partial charge in [0.1, 0.15) is 22.3 Å². The predicted molar refractivity (Wildman–Crippen MR) is 183 cm³/mol. The lowest BCUT2D eigenvalue weighted by Crippen LogP contribution is -2.53. The number of amidine groups is 1. The second-order valence-corrected chi connectivity index (χ2v) is 21.5. The summed E-state index contributed by atoms with van der Waals surface area (Å²) in [7, 11) is -6.04. The molecule has 0 saturated carbocycles. The van der Waals surface area contributed by atoms with E-state index in [0.29, 0.717) is 43.5 Å². The number of sulfonamides is 1. The van der Waals surface area contributed by atoms with Crippen molar-refractivity contribution in [1.29, 1.82) is 0 Å². The Labute approximate surface area is 275 Å². The predicted octanol–water partition coefficient (Wildman–Crippen LogP) is 7.56. The number of hydrogen-bond acceptors (Lipinski definition) is 7. The summed E-state index contributed by atoms with van der Waals surface area (Å²) in [6, 6.07) is 12.8. The van der Waals surface area contributed by atoms with Gasteiger partial charge in [-0.25, -0.2) is 27.3 Å². The number of hydrogen-bond donors (Lipinski definition) is 2. The van der Waals surface area contributed by atoms with E-state index in [4.69, 9.17) is 13.9 Å². The zero-order chi connectivity index (χ0) is 34.6. The molecule has 2 N–H and O–H groups in total. The summed E-state index contributed by atoms with van der Waals surface area (Å²) in [6.07, 6.45) is 1.28. The molecule has 1 unspecified atom stereocenters. The van der Waals surface area contributed by atoms with E-state index in [-0.39, 0.29) is 11.1 Å². The van der Waals surface area contributed by atoms with Crippen LogP contribution in [0.15, 0.2) is 53.5 Å². The Kier molecular flexibility index (Phi) is 11.8. The fraction of sp³-hybridized carbons (Fsp3) is 0.588. The van der Waals surface area contributed by atoms with Crippen LogP contribution >= 0.6 is 0 Å². The topological polar surface area (TPSA) is 115 Å². The molecule has 1 fully saturated rings. The van der Waals surface area contributed by atoms with Crippen molar-refractivity contribution >= 4 is 30.5 Å². The fourth-order valence-corrected chi connectivity index (χ4v) is 7.81. The van der Waals surface area contributed by atoms with Crippen LogP contribution in [0.3, 0.4) is 0 Å². The third-order valence-electron chi connectivity index (χ3n) is 8.32. The van der Waals surface area contributed by atoms with Gasteiger partial charge in [0.25, 0.3) is 6.02 Å². The average Bonchev–Trinajstić information content (AvgIpc) is 2.88. The Balaban J connectivity index is 1.74. The number of carbonyl (C=O) groups is 1. The van der Waals surface area contributed by atoms with Gasteiger partial charge < -0.3 is 19.2 Å². The second kappa shape index (κ2) is 14.4. The Morgan fingerprint density at radius 1 is 1.09 bits per heavy atom. The molecule has 0 spiro atoms. The molecule has 2 aromatic carbocycles. The smallest absolute Gasteiger partial charge is 0.407 e. The van der Waals surface area contributed by atoms with E-state index in [1.807, 2.05) is 32.9 Å². The van der Waals surface area contributed by atoms with Crippen molar-refractivity contribution in [3.05, 3.63) is 71.0 Å². The molecule has 3 rings (SSSR count). The normalized spacial score (nSPS) is 19.5. The van der Waals surface area contributed by atoms with E-state index in [9.17, 15) is 17.6 Å². The molecule has 2 atom stereocenters. The summed E-state index contributed by atoms with van der Waals surface area (Å²) in [5.41, 5.74) is 0.178. The van der Waals surface area contributed by atoms with Crippen molar-refractivity contribution in [2.45, 2.75) is 115 Å². The van der Waals surface area contributed by atoms with Gasteiger partial charge in [-0.15, -0.1) is 0 Å². The highest BCUT2D eigenvalue weighted by atomic mass is 32.2. The number of alkyl carbamates (subject to hydrolysis) is 1. The highest BCUT2D eigenvalue weighted by Crippen LogP contribution is 2.40.